The molecule has 40 heavy (non-hydrogen) atoms. The number of alkyl halides is 3. The number of amides is 3. The summed E-state index contributed by atoms with van der Waals surface area (Å²) in [6.07, 6.45) is -2.38. The zero-order chi connectivity index (χ0) is 29.9. The van der Waals surface area contributed by atoms with Gasteiger partial charge in [-0.15, -0.1) is 0 Å². The van der Waals surface area contributed by atoms with Gasteiger partial charge < -0.3 is 21.3 Å². The highest BCUT2D eigenvalue weighted by atomic mass is 32.1. The number of rotatable bonds is 6. The van der Waals surface area contributed by atoms with E-state index in [1.54, 1.807) is 6.07 Å². The number of pyridine rings is 1. The summed E-state index contributed by atoms with van der Waals surface area (Å²) >= 11 is 4.35. The van der Waals surface area contributed by atoms with Gasteiger partial charge >= 0.3 is 12.1 Å². The molecule has 1 aliphatic heterocycles. The molecule has 4 N–H and O–H groups in total. The van der Waals surface area contributed by atoms with Crippen LogP contribution in [0.1, 0.15) is 46.2 Å². The molecule has 1 saturated heterocycles. The monoisotopic (exact) mass is 583 g/mol. The Morgan fingerprint density at radius 2 is 1.77 bits per heavy atom. The van der Waals surface area contributed by atoms with Crippen molar-refractivity contribution in [1.29, 1.82) is 0 Å². The number of piperidine rings is 1. The lowest BCUT2D eigenvalue weighted by atomic mass is 9.85. The number of fused-ring (bicyclic) bond motifs is 2. The number of benzene rings is 1. The maximum absolute atomic E-state index is 14.4. The predicted molar refractivity (Wildman–Crippen MR) is 143 cm³/mol. The average molecular weight is 584 g/mol. The zero-order valence-corrected chi connectivity index (χ0v) is 23.6. The van der Waals surface area contributed by atoms with Crippen LogP contribution in [-0.4, -0.2) is 57.8 Å². The molecule has 218 valence electrons. The van der Waals surface area contributed by atoms with Crippen molar-refractivity contribution < 1.29 is 31.9 Å². The molecule has 8 nitrogen and oxygen atoms in total. The number of nitrogens with one attached hydrogen (secondary N) is 2. The maximum atomic E-state index is 14.4. The minimum Gasteiger partial charge on any atom is -0.345 e. The molecule has 2 aromatic rings. The summed E-state index contributed by atoms with van der Waals surface area (Å²) in [5.41, 5.74) is 5.16. The van der Waals surface area contributed by atoms with E-state index in [0.29, 0.717) is 10.9 Å². The minimum atomic E-state index is -5.18. The van der Waals surface area contributed by atoms with Crippen LogP contribution in [0.2, 0.25) is 0 Å². The summed E-state index contributed by atoms with van der Waals surface area (Å²) in [5, 5.41) is 4.43. The first kappa shape index (κ1) is 30.0. The van der Waals surface area contributed by atoms with Gasteiger partial charge in [-0.2, -0.15) is 25.8 Å². The van der Waals surface area contributed by atoms with E-state index in [1.165, 1.54) is 50.2 Å². The van der Waals surface area contributed by atoms with Crippen molar-refractivity contribution >= 4 is 41.1 Å². The molecule has 1 unspecified atom stereocenters. The third kappa shape index (κ3) is 5.37. The van der Waals surface area contributed by atoms with Crippen LogP contribution in [0, 0.1) is 28.5 Å². The predicted octanol–water partition coefficient (Wildman–Crippen LogP) is 3.32. The van der Waals surface area contributed by atoms with E-state index >= 15 is 0 Å². The number of carbonyl (C=O) groups is 3. The highest BCUT2D eigenvalue weighted by molar-refractivity contribution is 7.80. The normalized spacial score (nSPS) is 24.2. The molecule has 1 aromatic heterocycles. The smallest absolute Gasteiger partial charge is 0.345 e. The second-order valence-electron chi connectivity index (χ2n) is 12.2. The number of nitrogens with zero attached hydrogens (tertiary/aromatic N) is 2. The minimum absolute atomic E-state index is 0.0671. The highest BCUT2D eigenvalue weighted by Crippen LogP contribution is 2.65. The van der Waals surface area contributed by atoms with E-state index < -0.39 is 58.6 Å². The lowest BCUT2D eigenvalue weighted by Gasteiger charge is -2.38. The fourth-order valence-electron chi connectivity index (χ4n) is 5.86. The van der Waals surface area contributed by atoms with Crippen molar-refractivity contribution in [2.24, 2.45) is 28.4 Å². The molecule has 2 heterocycles. The summed E-state index contributed by atoms with van der Waals surface area (Å²) in [7, 11) is 0. The Morgan fingerprint density at radius 3 is 2.35 bits per heavy atom. The van der Waals surface area contributed by atoms with Crippen molar-refractivity contribution in [3.63, 3.8) is 0 Å². The molecule has 0 spiro atoms. The highest BCUT2D eigenvalue weighted by Gasteiger charge is 2.70. The largest absolute Gasteiger partial charge is 0.471 e. The molecule has 0 radical (unpaired) electrons. The van der Waals surface area contributed by atoms with E-state index in [9.17, 15) is 31.9 Å². The van der Waals surface area contributed by atoms with Crippen molar-refractivity contribution in [3.05, 3.63) is 42.0 Å². The van der Waals surface area contributed by atoms with Gasteiger partial charge in [0, 0.05) is 29.9 Å². The van der Waals surface area contributed by atoms with Gasteiger partial charge in [0.2, 0.25) is 11.8 Å². The van der Waals surface area contributed by atoms with Gasteiger partial charge in [-0.1, -0.05) is 46.8 Å². The quantitative estimate of drug-likeness (QED) is 0.237. The van der Waals surface area contributed by atoms with Crippen LogP contribution in [-0.2, 0) is 14.4 Å². The number of hydrogen-bond acceptors (Lipinski definition) is 6. The second kappa shape index (κ2) is 10.2. The summed E-state index contributed by atoms with van der Waals surface area (Å²) in [6.45, 7) is 8.65. The van der Waals surface area contributed by atoms with Crippen LogP contribution in [0.5, 0.6) is 0 Å². The van der Waals surface area contributed by atoms with Crippen LogP contribution in [0.4, 0.5) is 17.6 Å². The molecule has 2 fully saturated rings. The van der Waals surface area contributed by atoms with Gasteiger partial charge in [0.25, 0.3) is 0 Å². The third-order valence-corrected chi connectivity index (χ3v) is 8.46. The number of thiol groups is 1. The first-order valence-electron chi connectivity index (χ1n) is 12.8. The van der Waals surface area contributed by atoms with Gasteiger partial charge in [0.05, 0.1) is 11.4 Å². The third-order valence-electron chi connectivity index (χ3n) is 8.16. The topological polar surface area (TPSA) is 117 Å². The standard InChI is InChI=1S/C27H33F4N5O3S/c1-25(2,3)20(35-24(39)27(29,30)31)23(38)36-11-15-17(26(15,4)5)19(36)22(37)34-18(21(32)40)14-10-33-9-13-12(14)7-6-8-16(13)28/h6-10,15,17-21,40H,11,32H2,1-5H3,(H,34,37)(H,35,39)/t15-,17-,18-,19-,20-,21?/m0/s1. The fraction of sp³-hybridized carbons (Fsp3) is 0.556. The number of hydrogen-bond donors (Lipinski definition) is 4. The van der Waals surface area contributed by atoms with Crippen LogP contribution in [0.25, 0.3) is 10.8 Å². The lowest BCUT2D eigenvalue weighted by molar-refractivity contribution is -0.176. The molecule has 1 saturated carbocycles. The number of nitrogens with two attached hydrogens (primary N) is 1. The Morgan fingerprint density at radius 1 is 1.12 bits per heavy atom. The molecular weight excluding hydrogens is 550 g/mol. The number of aromatic nitrogens is 1. The molecule has 6 atom stereocenters. The van der Waals surface area contributed by atoms with Crippen LogP contribution in [0.3, 0.4) is 0 Å². The summed E-state index contributed by atoms with van der Waals surface area (Å²) < 4.78 is 53.7. The van der Waals surface area contributed by atoms with E-state index in [0.717, 1.165) is 0 Å². The molecule has 4 rings (SSSR count). The lowest BCUT2D eigenvalue weighted by Crippen LogP contribution is -2.61. The first-order valence-corrected chi connectivity index (χ1v) is 13.3. The molecule has 2 aliphatic rings. The molecule has 0 bridgehead atoms. The van der Waals surface area contributed by atoms with E-state index in [-0.39, 0.29) is 29.2 Å². The van der Waals surface area contributed by atoms with Crippen molar-refractivity contribution in [2.45, 2.75) is 64.3 Å². The van der Waals surface area contributed by atoms with Gasteiger partial charge in [-0.3, -0.25) is 19.4 Å². The van der Waals surface area contributed by atoms with Crippen molar-refractivity contribution in [1.82, 2.24) is 20.5 Å². The molecule has 1 aliphatic carbocycles. The van der Waals surface area contributed by atoms with Gasteiger partial charge in [0.15, 0.2) is 0 Å². The van der Waals surface area contributed by atoms with Crippen molar-refractivity contribution in [3.8, 4) is 0 Å². The summed E-state index contributed by atoms with van der Waals surface area (Å²) in [6, 6.07) is 0.950. The van der Waals surface area contributed by atoms with E-state index in [2.05, 4.69) is 22.9 Å². The SMILES string of the molecule is CC(C)(C)[C@@H](NC(=O)C(F)(F)F)C(=O)N1C[C@H]2[C@@H]([C@H]1C(=O)N[C@@H](c1cncc3c(F)cccc13)C(N)S)C2(C)C. The van der Waals surface area contributed by atoms with E-state index in [4.69, 9.17) is 5.73 Å². The van der Waals surface area contributed by atoms with Crippen LogP contribution < -0.4 is 16.4 Å². The van der Waals surface area contributed by atoms with Crippen LogP contribution in [0.15, 0.2) is 30.6 Å². The van der Waals surface area contributed by atoms with Gasteiger partial charge in [0.1, 0.15) is 17.9 Å². The number of carbonyl (C=O) groups excluding carboxylic acids is 3. The van der Waals surface area contributed by atoms with E-state index in [1.807, 2.05) is 19.2 Å². The Kier molecular flexibility index (Phi) is 7.63. The number of likely N-dealkylation sites (tertiary alicyclic amines) is 1. The first-order chi connectivity index (χ1) is 18.4. The Bertz CT molecular complexity index is 1340. The Balaban J connectivity index is 1.67. The van der Waals surface area contributed by atoms with Gasteiger partial charge in [-0.25, -0.2) is 4.39 Å². The Hall–Kier alpha value is -2.93. The van der Waals surface area contributed by atoms with Gasteiger partial charge in [-0.05, 0) is 34.1 Å². The second-order valence-corrected chi connectivity index (χ2v) is 12.8. The van der Waals surface area contributed by atoms with Crippen LogP contribution >= 0.6 is 12.6 Å². The average Bonchev–Trinajstić information content (AvgIpc) is 3.16. The fourth-order valence-corrected chi connectivity index (χ4v) is 6.09. The molecule has 3 amide bonds. The summed E-state index contributed by atoms with van der Waals surface area (Å²) in [4.78, 5) is 44.7. The molecular formula is C27H33F4N5O3S. The molecule has 13 heteroatoms. The Labute approximate surface area is 234 Å². The maximum Gasteiger partial charge on any atom is 0.471 e. The number of halogens is 4. The zero-order valence-electron chi connectivity index (χ0n) is 22.7. The molecule has 1 aromatic carbocycles. The van der Waals surface area contributed by atoms with Crippen molar-refractivity contribution in [2.75, 3.05) is 6.54 Å². The summed E-state index contributed by atoms with van der Waals surface area (Å²) in [5.74, 6) is -4.44.